The van der Waals surface area contributed by atoms with Crippen LogP contribution < -0.4 is 10.7 Å². The molecule has 0 N–H and O–H groups in total. The SMILES string of the molecule is O=C1N=c2ccc(Cl)c(Cl)c2=N1. The standard InChI is InChI=1S/C7H2Cl2N2O/c8-3-1-2-4-6(5(3)9)11-7(12)10-4/h1-2H. The molecule has 1 heterocycles. The lowest BCUT2D eigenvalue weighted by Crippen LogP contribution is -2.22. The summed E-state index contributed by atoms with van der Waals surface area (Å²) in [7, 11) is 0. The van der Waals surface area contributed by atoms with E-state index in [1.54, 1.807) is 12.1 Å². The molecule has 5 heteroatoms. The van der Waals surface area contributed by atoms with Gasteiger partial charge in [0.2, 0.25) is 0 Å². The third-order valence-corrected chi connectivity index (χ3v) is 2.27. The number of rotatable bonds is 0. The van der Waals surface area contributed by atoms with Crippen LogP contribution in [0, 0.1) is 0 Å². The predicted molar refractivity (Wildman–Crippen MR) is 44.2 cm³/mol. The number of carbonyl (C=O) groups is 1. The van der Waals surface area contributed by atoms with E-state index < -0.39 is 6.03 Å². The summed E-state index contributed by atoms with van der Waals surface area (Å²) in [6, 6.07) is 2.66. The van der Waals surface area contributed by atoms with Gasteiger partial charge in [0.25, 0.3) is 0 Å². The van der Waals surface area contributed by atoms with Crippen molar-refractivity contribution in [3.8, 4) is 0 Å². The first-order valence-electron chi connectivity index (χ1n) is 3.14. The van der Waals surface area contributed by atoms with Gasteiger partial charge >= 0.3 is 6.03 Å². The van der Waals surface area contributed by atoms with E-state index in [9.17, 15) is 4.79 Å². The molecule has 0 aliphatic carbocycles. The highest BCUT2D eigenvalue weighted by molar-refractivity contribution is 6.41. The summed E-state index contributed by atoms with van der Waals surface area (Å²) in [5.41, 5.74) is 0. The molecule has 0 saturated carbocycles. The Bertz CT molecular complexity index is 481. The largest absolute Gasteiger partial charge is 0.368 e. The molecule has 0 radical (unpaired) electrons. The maximum Gasteiger partial charge on any atom is 0.368 e. The minimum absolute atomic E-state index is 0.281. The minimum Gasteiger partial charge on any atom is -0.244 e. The summed E-state index contributed by atoms with van der Waals surface area (Å²) >= 11 is 11.5. The van der Waals surface area contributed by atoms with Crippen LogP contribution in [0.3, 0.4) is 0 Å². The third-order valence-electron chi connectivity index (χ3n) is 1.47. The van der Waals surface area contributed by atoms with Crippen LogP contribution in [0.15, 0.2) is 22.1 Å². The van der Waals surface area contributed by atoms with Crippen LogP contribution in [0.2, 0.25) is 10.0 Å². The van der Waals surface area contributed by atoms with Crippen LogP contribution in [-0.2, 0) is 0 Å². The van der Waals surface area contributed by atoms with Gasteiger partial charge in [-0.25, -0.2) is 4.79 Å². The van der Waals surface area contributed by atoms with E-state index in [0.29, 0.717) is 15.7 Å². The fraction of sp³-hybridized carbons (Fsp3) is 0. The highest BCUT2D eigenvalue weighted by atomic mass is 35.5. The van der Waals surface area contributed by atoms with Crippen molar-refractivity contribution < 1.29 is 4.79 Å². The summed E-state index contributed by atoms with van der Waals surface area (Å²) in [5.74, 6) is 0. The van der Waals surface area contributed by atoms with Gasteiger partial charge in [-0.3, -0.25) is 0 Å². The molecule has 0 bridgehead atoms. The van der Waals surface area contributed by atoms with Crippen LogP contribution in [0.1, 0.15) is 0 Å². The Morgan fingerprint density at radius 1 is 1.17 bits per heavy atom. The van der Waals surface area contributed by atoms with Crippen molar-refractivity contribution >= 4 is 29.2 Å². The lowest BCUT2D eigenvalue weighted by Gasteiger charge is -1.90. The molecule has 0 aromatic heterocycles. The molecule has 0 fully saturated rings. The first-order valence-corrected chi connectivity index (χ1v) is 3.89. The zero-order valence-corrected chi connectivity index (χ0v) is 7.23. The summed E-state index contributed by atoms with van der Waals surface area (Å²) < 4.78 is 0. The number of carbonyl (C=O) groups excluding carboxylic acids is 1. The second kappa shape index (κ2) is 2.54. The minimum atomic E-state index is -0.533. The van der Waals surface area contributed by atoms with Crippen LogP contribution in [-0.4, -0.2) is 6.03 Å². The van der Waals surface area contributed by atoms with Gasteiger partial charge in [0.15, 0.2) is 0 Å². The fourth-order valence-electron chi connectivity index (χ4n) is 0.950. The van der Waals surface area contributed by atoms with Crippen LogP contribution in [0.5, 0.6) is 0 Å². The van der Waals surface area contributed by atoms with Crippen molar-refractivity contribution in [3.05, 3.63) is 32.9 Å². The number of urea groups is 1. The molecule has 1 aliphatic rings. The Morgan fingerprint density at radius 2 is 1.92 bits per heavy atom. The molecule has 3 nitrogen and oxygen atoms in total. The first-order chi connectivity index (χ1) is 5.68. The van der Waals surface area contributed by atoms with Crippen molar-refractivity contribution in [2.24, 2.45) is 9.98 Å². The molecule has 0 spiro atoms. The van der Waals surface area contributed by atoms with E-state index in [1.165, 1.54) is 0 Å². The van der Waals surface area contributed by atoms with Gasteiger partial charge in [0.05, 0.1) is 15.4 Å². The zero-order valence-electron chi connectivity index (χ0n) is 5.71. The Hall–Kier alpha value is -0.930. The number of benzene rings is 1. The maximum absolute atomic E-state index is 10.7. The summed E-state index contributed by atoms with van der Waals surface area (Å²) in [6.07, 6.45) is 0. The highest BCUT2D eigenvalue weighted by Gasteiger charge is 2.09. The number of halogens is 2. The molecular weight excluding hydrogens is 199 g/mol. The summed E-state index contributed by atoms with van der Waals surface area (Å²) in [4.78, 5) is 17.9. The molecule has 1 aromatic carbocycles. The van der Waals surface area contributed by atoms with Gasteiger partial charge < -0.3 is 0 Å². The van der Waals surface area contributed by atoms with E-state index in [0.717, 1.165) is 0 Å². The molecule has 60 valence electrons. The number of hydrogen-bond acceptors (Lipinski definition) is 1. The van der Waals surface area contributed by atoms with E-state index in [-0.39, 0.29) is 5.02 Å². The molecule has 1 aromatic rings. The first kappa shape index (κ1) is 7.71. The monoisotopic (exact) mass is 200 g/mol. The molecule has 1 aliphatic heterocycles. The van der Waals surface area contributed by atoms with E-state index in [1.807, 2.05) is 0 Å². The summed E-state index contributed by atoms with van der Waals surface area (Å²) in [6.45, 7) is 0. The molecule has 0 atom stereocenters. The van der Waals surface area contributed by atoms with Crippen LogP contribution in [0.4, 0.5) is 4.79 Å². The van der Waals surface area contributed by atoms with Gasteiger partial charge in [-0.1, -0.05) is 23.2 Å². The van der Waals surface area contributed by atoms with Crippen molar-refractivity contribution in [3.63, 3.8) is 0 Å². The van der Waals surface area contributed by atoms with E-state index in [4.69, 9.17) is 23.2 Å². The maximum atomic E-state index is 10.7. The molecule has 0 unspecified atom stereocenters. The quantitative estimate of drug-likeness (QED) is 0.624. The fourth-order valence-corrected chi connectivity index (χ4v) is 1.30. The van der Waals surface area contributed by atoms with Gasteiger partial charge in [-0.2, -0.15) is 9.98 Å². The third kappa shape index (κ3) is 1.02. The molecule has 0 saturated heterocycles. The van der Waals surface area contributed by atoms with Gasteiger partial charge in [0.1, 0.15) is 5.36 Å². The van der Waals surface area contributed by atoms with Crippen molar-refractivity contribution in [1.82, 2.24) is 0 Å². The second-order valence-corrected chi connectivity index (χ2v) is 3.02. The topological polar surface area (TPSA) is 41.8 Å². The average Bonchev–Trinajstić information content (AvgIpc) is 2.39. The Kier molecular flexibility index (Phi) is 1.63. The van der Waals surface area contributed by atoms with Gasteiger partial charge in [-0.05, 0) is 12.1 Å². The molecule has 2 rings (SSSR count). The predicted octanol–water partition coefficient (Wildman–Crippen LogP) is 1.37. The van der Waals surface area contributed by atoms with E-state index in [2.05, 4.69) is 9.98 Å². The Labute approximate surface area is 77.3 Å². The smallest absolute Gasteiger partial charge is 0.244 e. The van der Waals surface area contributed by atoms with Gasteiger partial charge in [0, 0.05) is 0 Å². The number of fused-ring (bicyclic) bond motifs is 1. The lowest BCUT2D eigenvalue weighted by molar-refractivity contribution is 0.256. The molecule has 2 amide bonds. The lowest BCUT2D eigenvalue weighted by atomic mass is 10.3. The Morgan fingerprint density at radius 3 is 2.67 bits per heavy atom. The number of nitrogens with zero attached hydrogens (tertiary/aromatic N) is 2. The number of amides is 2. The summed E-state index contributed by atoms with van der Waals surface area (Å²) in [5, 5.41) is 1.51. The average molecular weight is 201 g/mol. The highest BCUT2D eigenvalue weighted by Crippen LogP contribution is 2.15. The van der Waals surface area contributed by atoms with E-state index >= 15 is 0 Å². The second-order valence-electron chi connectivity index (χ2n) is 2.24. The Balaban J connectivity index is 2.96. The number of hydrogen-bond donors (Lipinski definition) is 0. The van der Waals surface area contributed by atoms with Crippen molar-refractivity contribution in [2.45, 2.75) is 0 Å². The molecular formula is C7H2Cl2N2O. The van der Waals surface area contributed by atoms with Crippen LogP contribution in [0.25, 0.3) is 0 Å². The normalized spacial score (nSPS) is 13.7. The van der Waals surface area contributed by atoms with Gasteiger partial charge in [-0.15, -0.1) is 0 Å². The van der Waals surface area contributed by atoms with Crippen molar-refractivity contribution in [1.29, 1.82) is 0 Å². The molecule has 12 heavy (non-hydrogen) atoms. The van der Waals surface area contributed by atoms with Crippen LogP contribution >= 0.6 is 23.2 Å². The zero-order chi connectivity index (χ0) is 8.72. The van der Waals surface area contributed by atoms with Crippen molar-refractivity contribution in [2.75, 3.05) is 0 Å².